The van der Waals surface area contributed by atoms with Gasteiger partial charge in [-0.2, -0.15) is 0 Å². The van der Waals surface area contributed by atoms with E-state index in [4.69, 9.17) is 18.9 Å². The summed E-state index contributed by atoms with van der Waals surface area (Å²) in [6.07, 6.45) is -1.43. The first-order chi connectivity index (χ1) is 15.2. The van der Waals surface area contributed by atoms with Gasteiger partial charge in [-0.15, -0.1) is 11.8 Å². The Morgan fingerprint density at radius 1 is 0.969 bits per heavy atom. The maximum Gasteiger partial charge on any atom is 0.303 e. The van der Waals surface area contributed by atoms with Crippen LogP contribution < -0.4 is 4.74 Å². The largest absolute Gasteiger partial charge is 0.476 e. The summed E-state index contributed by atoms with van der Waals surface area (Å²) in [5.74, 6) is -1.66. The molecule has 0 amide bonds. The number of hydrogen-bond donors (Lipinski definition) is 0. The van der Waals surface area contributed by atoms with Crippen molar-refractivity contribution in [3.05, 3.63) is 48.4 Å². The van der Waals surface area contributed by atoms with Crippen molar-refractivity contribution in [1.82, 2.24) is 4.98 Å². The molecule has 0 aliphatic carbocycles. The van der Waals surface area contributed by atoms with Gasteiger partial charge >= 0.3 is 17.9 Å². The van der Waals surface area contributed by atoms with E-state index in [0.29, 0.717) is 11.3 Å². The van der Waals surface area contributed by atoms with E-state index >= 15 is 0 Å². The number of hydrogen-bond acceptors (Lipinski definition) is 9. The molecule has 170 valence electrons. The highest BCUT2D eigenvalue weighted by atomic mass is 32.2. The highest BCUT2D eigenvalue weighted by molar-refractivity contribution is 7.99. The highest BCUT2D eigenvalue weighted by Gasteiger charge is 2.47. The fourth-order valence-electron chi connectivity index (χ4n) is 3.26. The minimum absolute atomic E-state index is 0.165. The topological polar surface area (TPSA) is 101 Å². The van der Waals surface area contributed by atoms with E-state index in [1.165, 1.54) is 50.9 Å². The molecule has 1 aliphatic heterocycles. The van der Waals surface area contributed by atoms with Crippen molar-refractivity contribution in [2.24, 2.45) is 0 Å². The van der Waals surface area contributed by atoms with Crippen LogP contribution >= 0.6 is 11.8 Å². The van der Waals surface area contributed by atoms with E-state index in [1.54, 1.807) is 24.3 Å². The molecule has 1 aromatic heterocycles. The Bertz CT molecular complexity index is 1000. The zero-order chi connectivity index (χ0) is 23.3. The molecule has 1 aliphatic rings. The van der Waals surface area contributed by atoms with Crippen molar-refractivity contribution < 1.29 is 37.7 Å². The minimum atomic E-state index is -1.05. The number of pyridine rings is 1. The SMILES string of the molecule is CC(=O)O[C@@H]1[C@@H](OC(C)=O)[C@@H](Oc2cccc(-c3ncccc3F)c2)SC[C@H]1OC(C)=O. The number of carbonyl (C=O) groups is 3. The zero-order valence-corrected chi connectivity index (χ0v) is 18.5. The summed E-state index contributed by atoms with van der Waals surface area (Å²) < 4.78 is 36.2. The number of rotatable bonds is 6. The lowest BCUT2D eigenvalue weighted by Crippen LogP contribution is -2.55. The average molecular weight is 463 g/mol. The number of thioether (sulfide) groups is 1. The van der Waals surface area contributed by atoms with Gasteiger partial charge in [-0.05, 0) is 24.3 Å². The van der Waals surface area contributed by atoms with Crippen molar-refractivity contribution in [2.45, 2.75) is 44.5 Å². The van der Waals surface area contributed by atoms with Crippen LogP contribution in [0.1, 0.15) is 20.8 Å². The third-order valence-corrected chi connectivity index (χ3v) is 5.64. The molecule has 1 fully saturated rings. The number of esters is 3. The van der Waals surface area contributed by atoms with E-state index in [-0.39, 0.29) is 11.4 Å². The van der Waals surface area contributed by atoms with Crippen LogP contribution in [-0.2, 0) is 28.6 Å². The van der Waals surface area contributed by atoms with Crippen LogP contribution in [0.25, 0.3) is 11.3 Å². The molecule has 1 aromatic carbocycles. The third kappa shape index (κ3) is 5.97. The highest BCUT2D eigenvalue weighted by Crippen LogP contribution is 2.35. The summed E-state index contributed by atoms with van der Waals surface area (Å²) in [5.41, 5.74) is -0.114. The van der Waals surface area contributed by atoms with E-state index in [2.05, 4.69) is 4.98 Å². The first-order valence-corrected chi connectivity index (χ1v) is 10.8. The minimum Gasteiger partial charge on any atom is -0.476 e. The third-order valence-electron chi connectivity index (χ3n) is 4.42. The molecule has 0 saturated carbocycles. The molecule has 4 atom stereocenters. The van der Waals surface area contributed by atoms with Crippen LogP contribution in [0.2, 0.25) is 0 Å². The predicted octanol–water partition coefficient (Wildman–Crippen LogP) is 3.13. The van der Waals surface area contributed by atoms with E-state index < -0.39 is 47.5 Å². The van der Waals surface area contributed by atoms with E-state index in [0.717, 1.165) is 0 Å². The van der Waals surface area contributed by atoms with Gasteiger partial charge in [0.25, 0.3) is 0 Å². The molecule has 8 nitrogen and oxygen atoms in total. The average Bonchev–Trinajstić information content (AvgIpc) is 2.72. The van der Waals surface area contributed by atoms with Crippen molar-refractivity contribution >= 4 is 29.7 Å². The van der Waals surface area contributed by atoms with Gasteiger partial charge < -0.3 is 18.9 Å². The molecule has 0 unspecified atom stereocenters. The fourth-order valence-corrected chi connectivity index (χ4v) is 4.48. The molecule has 2 heterocycles. The lowest BCUT2D eigenvalue weighted by atomic mass is 10.1. The molecule has 2 aromatic rings. The van der Waals surface area contributed by atoms with Gasteiger partial charge in [0.2, 0.25) is 0 Å². The second-order valence-electron chi connectivity index (χ2n) is 6.98. The Balaban J connectivity index is 1.88. The summed E-state index contributed by atoms with van der Waals surface area (Å²) in [5, 5.41) is 0. The summed E-state index contributed by atoms with van der Waals surface area (Å²) in [6, 6.07) is 9.44. The van der Waals surface area contributed by atoms with Gasteiger partial charge in [0.1, 0.15) is 17.3 Å². The maximum absolute atomic E-state index is 14.1. The Hall–Kier alpha value is -3.14. The summed E-state index contributed by atoms with van der Waals surface area (Å²) in [4.78, 5) is 39.0. The zero-order valence-electron chi connectivity index (χ0n) is 17.6. The number of aromatic nitrogens is 1. The number of nitrogens with zero attached hydrogens (tertiary/aromatic N) is 1. The van der Waals surface area contributed by atoms with Crippen molar-refractivity contribution in [1.29, 1.82) is 0 Å². The quantitative estimate of drug-likeness (QED) is 0.472. The Labute approximate surface area is 188 Å². The molecule has 0 bridgehead atoms. The van der Waals surface area contributed by atoms with E-state index in [9.17, 15) is 18.8 Å². The van der Waals surface area contributed by atoms with Crippen LogP contribution in [0.4, 0.5) is 4.39 Å². The summed E-state index contributed by atoms with van der Waals surface area (Å²) in [7, 11) is 0. The van der Waals surface area contributed by atoms with Crippen LogP contribution in [0.15, 0.2) is 42.6 Å². The molecule has 3 rings (SSSR count). The van der Waals surface area contributed by atoms with Crippen molar-refractivity contribution in [3.63, 3.8) is 0 Å². The van der Waals surface area contributed by atoms with Gasteiger partial charge in [0.05, 0.1) is 0 Å². The molecule has 32 heavy (non-hydrogen) atoms. The van der Waals surface area contributed by atoms with Crippen molar-refractivity contribution in [3.8, 4) is 17.0 Å². The summed E-state index contributed by atoms with van der Waals surface area (Å²) >= 11 is 1.24. The van der Waals surface area contributed by atoms with Gasteiger partial charge in [-0.3, -0.25) is 19.4 Å². The predicted molar refractivity (Wildman–Crippen MR) is 113 cm³/mol. The monoisotopic (exact) mass is 463 g/mol. The van der Waals surface area contributed by atoms with Crippen molar-refractivity contribution in [2.75, 3.05) is 5.75 Å². The number of ether oxygens (including phenoxy) is 4. The molecular weight excluding hydrogens is 441 g/mol. The Kier molecular flexibility index (Phi) is 7.68. The van der Waals surface area contributed by atoms with Crippen LogP contribution in [0.3, 0.4) is 0 Å². The van der Waals surface area contributed by atoms with Gasteiger partial charge in [0, 0.05) is 38.3 Å². The number of benzene rings is 1. The molecule has 0 spiro atoms. The molecule has 1 saturated heterocycles. The number of halogens is 1. The van der Waals surface area contributed by atoms with Crippen LogP contribution in [-0.4, -0.2) is 52.4 Å². The smallest absolute Gasteiger partial charge is 0.303 e. The second kappa shape index (κ2) is 10.4. The lowest BCUT2D eigenvalue weighted by Gasteiger charge is -2.39. The molecule has 0 radical (unpaired) electrons. The first kappa shape index (κ1) is 23.5. The molecule has 10 heteroatoms. The lowest BCUT2D eigenvalue weighted by molar-refractivity contribution is -0.186. The number of carbonyl (C=O) groups excluding carboxylic acids is 3. The van der Waals surface area contributed by atoms with E-state index in [1.807, 2.05) is 0 Å². The van der Waals surface area contributed by atoms with Crippen LogP contribution in [0, 0.1) is 5.82 Å². The fraction of sp³-hybridized carbons (Fsp3) is 0.364. The van der Waals surface area contributed by atoms with Crippen LogP contribution in [0.5, 0.6) is 5.75 Å². The second-order valence-corrected chi connectivity index (χ2v) is 8.11. The standard InChI is InChI=1S/C22H22FNO7S/c1-12(25)28-18-11-32-22(21(30-14(3)27)20(18)29-13(2)26)31-16-7-4-6-15(10-16)19-17(23)8-5-9-24-19/h4-10,18,20-22H,11H2,1-3H3/t18-,20+,21-,22+/m1/s1. The first-order valence-electron chi connectivity index (χ1n) is 9.75. The maximum atomic E-state index is 14.1. The summed E-state index contributed by atoms with van der Waals surface area (Å²) in [6.45, 7) is 3.66. The Morgan fingerprint density at radius 3 is 2.31 bits per heavy atom. The Morgan fingerprint density at radius 2 is 1.66 bits per heavy atom. The van der Waals surface area contributed by atoms with Gasteiger partial charge in [-0.1, -0.05) is 12.1 Å². The normalized spacial score (nSPS) is 22.5. The molecular formula is C22H22FNO7S. The molecule has 0 N–H and O–H groups in total. The van der Waals surface area contributed by atoms with Gasteiger partial charge in [0.15, 0.2) is 23.7 Å². The van der Waals surface area contributed by atoms with Gasteiger partial charge in [-0.25, -0.2) is 4.39 Å².